The summed E-state index contributed by atoms with van der Waals surface area (Å²) in [5.41, 5.74) is 1.26. The third-order valence-electron chi connectivity index (χ3n) is 2.83. The minimum atomic E-state index is 0.583. The molecule has 84 valence electrons. The summed E-state index contributed by atoms with van der Waals surface area (Å²) in [6.45, 7) is 7.73. The van der Waals surface area contributed by atoms with E-state index in [9.17, 15) is 0 Å². The first kappa shape index (κ1) is 12.2. The average molecular weight is 206 g/mol. The Morgan fingerprint density at radius 2 is 2.20 bits per heavy atom. The number of rotatable bonds is 6. The highest BCUT2D eigenvalue weighted by atomic mass is 14.9. The number of nitrogens with zero attached hydrogens (tertiary/aromatic N) is 1. The zero-order chi connectivity index (χ0) is 11.1. The highest BCUT2D eigenvalue weighted by molar-refractivity contribution is 5.07. The summed E-state index contributed by atoms with van der Waals surface area (Å²) in [5, 5.41) is 3.52. The Morgan fingerprint density at radius 1 is 1.40 bits per heavy atom. The van der Waals surface area contributed by atoms with Crippen LogP contribution in [0.2, 0.25) is 0 Å². The molecule has 2 nitrogen and oxygen atoms in total. The lowest BCUT2D eigenvalue weighted by Crippen LogP contribution is -2.27. The van der Waals surface area contributed by atoms with Crippen LogP contribution in [0.4, 0.5) is 0 Å². The van der Waals surface area contributed by atoms with Crippen LogP contribution < -0.4 is 5.32 Å². The van der Waals surface area contributed by atoms with Gasteiger partial charge in [-0.15, -0.1) is 0 Å². The van der Waals surface area contributed by atoms with Gasteiger partial charge in [0.1, 0.15) is 0 Å². The zero-order valence-electron chi connectivity index (χ0n) is 10.0. The number of aromatic nitrogens is 1. The Balaban J connectivity index is 2.25. The van der Waals surface area contributed by atoms with Crippen LogP contribution in [0, 0.1) is 5.92 Å². The molecular weight excluding hydrogens is 184 g/mol. The fraction of sp³-hybridized carbons (Fsp3) is 0.615. The number of hydrogen-bond donors (Lipinski definition) is 1. The first-order valence-electron chi connectivity index (χ1n) is 5.84. The number of pyridine rings is 1. The summed E-state index contributed by atoms with van der Waals surface area (Å²) in [7, 11) is 0. The van der Waals surface area contributed by atoms with E-state index in [0.717, 1.165) is 12.5 Å². The molecule has 1 N–H and O–H groups in total. The summed E-state index contributed by atoms with van der Waals surface area (Å²) < 4.78 is 0. The van der Waals surface area contributed by atoms with Gasteiger partial charge in [-0.2, -0.15) is 0 Å². The minimum Gasteiger partial charge on any atom is -0.310 e. The van der Waals surface area contributed by atoms with Crippen LogP contribution in [-0.4, -0.2) is 11.0 Å². The number of nitrogens with one attached hydrogen (secondary N) is 1. The largest absolute Gasteiger partial charge is 0.310 e. The van der Waals surface area contributed by atoms with Gasteiger partial charge in [0.2, 0.25) is 0 Å². The van der Waals surface area contributed by atoms with Crippen LogP contribution in [0.5, 0.6) is 0 Å². The summed E-state index contributed by atoms with van der Waals surface area (Å²) in [6, 6.07) is 4.67. The molecule has 2 unspecified atom stereocenters. The molecule has 0 radical (unpaired) electrons. The van der Waals surface area contributed by atoms with Crippen LogP contribution >= 0.6 is 0 Å². The van der Waals surface area contributed by atoms with Gasteiger partial charge >= 0.3 is 0 Å². The number of hydrogen-bond acceptors (Lipinski definition) is 2. The van der Waals surface area contributed by atoms with Crippen molar-refractivity contribution in [1.82, 2.24) is 10.3 Å². The Labute approximate surface area is 93.1 Å². The first-order valence-corrected chi connectivity index (χ1v) is 5.84. The van der Waals surface area contributed by atoms with Crippen molar-refractivity contribution in [2.24, 2.45) is 5.92 Å². The van der Waals surface area contributed by atoms with Gasteiger partial charge in [0.25, 0.3) is 0 Å². The monoisotopic (exact) mass is 206 g/mol. The van der Waals surface area contributed by atoms with Gasteiger partial charge in [-0.1, -0.05) is 26.3 Å². The van der Waals surface area contributed by atoms with E-state index in [1.54, 1.807) is 0 Å². The van der Waals surface area contributed by atoms with Gasteiger partial charge in [-0.05, 0) is 30.9 Å². The van der Waals surface area contributed by atoms with Gasteiger partial charge in [-0.3, -0.25) is 4.98 Å². The molecule has 2 heteroatoms. The molecule has 0 spiro atoms. The van der Waals surface area contributed by atoms with Crippen molar-refractivity contribution in [1.29, 1.82) is 0 Å². The van der Waals surface area contributed by atoms with E-state index in [0.29, 0.717) is 6.04 Å². The Kier molecular flexibility index (Phi) is 5.33. The predicted molar refractivity (Wildman–Crippen MR) is 64.6 cm³/mol. The highest BCUT2D eigenvalue weighted by Crippen LogP contribution is 2.09. The van der Waals surface area contributed by atoms with Crippen molar-refractivity contribution in [3.63, 3.8) is 0 Å². The molecule has 1 aromatic rings. The molecule has 0 aliphatic carbocycles. The molecule has 0 aliphatic rings. The molecule has 0 saturated carbocycles. The fourth-order valence-electron chi connectivity index (χ4n) is 1.65. The fourth-order valence-corrected chi connectivity index (χ4v) is 1.65. The van der Waals surface area contributed by atoms with E-state index >= 15 is 0 Å². The molecule has 0 fully saturated rings. The molecular formula is C13H22N2. The van der Waals surface area contributed by atoms with Crippen molar-refractivity contribution in [3.05, 3.63) is 30.1 Å². The molecule has 1 aromatic heterocycles. The van der Waals surface area contributed by atoms with Crippen molar-refractivity contribution in [3.8, 4) is 0 Å². The van der Waals surface area contributed by atoms with E-state index in [1.807, 2.05) is 18.5 Å². The summed E-state index contributed by atoms with van der Waals surface area (Å²) >= 11 is 0. The normalized spacial score (nSPS) is 14.9. The van der Waals surface area contributed by atoms with Crippen LogP contribution in [0.25, 0.3) is 0 Å². The smallest absolute Gasteiger partial charge is 0.0312 e. The Bertz CT molecular complexity index is 258. The molecule has 2 atom stereocenters. The Morgan fingerprint density at radius 3 is 2.80 bits per heavy atom. The molecule has 0 aromatic carbocycles. The third-order valence-corrected chi connectivity index (χ3v) is 2.83. The third kappa shape index (κ3) is 4.93. The maximum absolute atomic E-state index is 4.10. The van der Waals surface area contributed by atoms with Crippen molar-refractivity contribution in [2.75, 3.05) is 0 Å². The topological polar surface area (TPSA) is 24.9 Å². The van der Waals surface area contributed by atoms with Gasteiger partial charge < -0.3 is 5.32 Å². The second kappa shape index (κ2) is 6.57. The van der Waals surface area contributed by atoms with Crippen LogP contribution in [0.3, 0.4) is 0 Å². The van der Waals surface area contributed by atoms with Gasteiger partial charge in [0.15, 0.2) is 0 Å². The van der Waals surface area contributed by atoms with E-state index in [2.05, 4.69) is 37.1 Å². The second-order valence-electron chi connectivity index (χ2n) is 4.39. The average Bonchev–Trinajstić information content (AvgIpc) is 2.27. The van der Waals surface area contributed by atoms with E-state index in [4.69, 9.17) is 0 Å². The molecule has 15 heavy (non-hydrogen) atoms. The van der Waals surface area contributed by atoms with Crippen molar-refractivity contribution >= 4 is 0 Å². The summed E-state index contributed by atoms with van der Waals surface area (Å²) in [5.74, 6) is 0.807. The lowest BCUT2D eigenvalue weighted by Gasteiger charge is -2.17. The maximum atomic E-state index is 4.10. The van der Waals surface area contributed by atoms with Crippen LogP contribution in [0.1, 0.15) is 39.2 Å². The van der Waals surface area contributed by atoms with Crippen LogP contribution in [-0.2, 0) is 6.54 Å². The first-order chi connectivity index (χ1) is 7.22. The van der Waals surface area contributed by atoms with Gasteiger partial charge in [-0.25, -0.2) is 0 Å². The Hall–Kier alpha value is -0.890. The maximum Gasteiger partial charge on any atom is 0.0312 e. The van der Waals surface area contributed by atoms with Crippen molar-refractivity contribution < 1.29 is 0 Å². The minimum absolute atomic E-state index is 0.583. The molecule has 1 rings (SSSR count). The summed E-state index contributed by atoms with van der Waals surface area (Å²) in [4.78, 5) is 4.10. The summed E-state index contributed by atoms with van der Waals surface area (Å²) in [6.07, 6.45) is 6.24. The molecule has 0 bridgehead atoms. The highest BCUT2D eigenvalue weighted by Gasteiger charge is 2.06. The van der Waals surface area contributed by atoms with E-state index in [1.165, 1.54) is 18.4 Å². The second-order valence-corrected chi connectivity index (χ2v) is 4.39. The van der Waals surface area contributed by atoms with Gasteiger partial charge in [0, 0.05) is 25.0 Å². The van der Waals surface area contributed by atoms with Crippen molar-refractivity contribution in [2.45, 2.75) is 46.2 Å². The standard InChI is InChI=1S/C13H22N2/c1-4-11(2)8-12(3)15-10-13-6-5-7-14-9-13/h5-7,9,11-12,15H,4,8,10H2,1-3H3. The van der Waals surface area contributed by atoms with Gasteiger partial charge in [0.05, 0.1) is 0 Å². The van der Waals surface area contributed by atoms with E-state index in [-0.39, 0.29) is 0 Å². The lowest BCUT2D eigenvalue weighted by atomic mass is 10.0. The van der Waals surface area contributed by atoms with E-state index < -0.39 is 0 Å². The molecule has 0 saturated heterocycles. The molecule has 0 amide bonds. The lowest BCUT2D eigenvalue weighted by molar-refractivity contribution is 0.412. The molecule has 0 aliphatic heterocycles. The quantitative estimate of drug-likeness (QED) is 0.774. The predicted octanol–water partition coefficient (Wildman–Crippen LogP) is 3.00. The van der Waals surface area contributed by atoms with Crippen LogP contribution in [0.15, 0.2) is 24.5 Å². The zero-order valence-corrected chi connectivity index (χ0v) is 10.0. The SMILES string of the molecule is CCC(C)CC(C)NCc1cccnc1. The molecule has 1 heterocycles.